The fraction of sp³-hybridized carbons (Fsp3) is 0.500. The first kappa shape index (κ1) is 36.8. The van der Waals surface area contributed by atoms with Crippen LogP contribution in [0.15, 0.2) is 73.1 Å². The minimum atomic E-state index is -1.50. The third-order valence-corrected chi connectivity index (χ3v) is 10.9. The Kier molecular flexibility index (Phi) is 10.8. The lowest BCUT2D eigenvalue weighted by molar-refractivity contribution is -0.120. The van der Waals surface area contributed by atoms with Crippen LogP contribution < -0.4 is 10.0 Å². The highest BCUT2D eigenvalue weighted by Crippen LogP contribution is 2.44. The van der Waals surface area contributed by atoms with Crippen molar-refractivity contribution in [3.63, 3.8) is 0 Å². The number of nitrogens with zero attached hydrogens (tertiary/aromatic N) is 2. The number of hydrogen-bond donors (Lipinski definition) is 2. The Hall–Kier alpha value is -3.51. The Balaban J connectivity index is 1.53. The molecule has 264 valence electrons. The lowest BCUT2D eigenvalue weighted by Gasteiger charge is -2.39. The standard InChI is InChI=1S/C38H49FN4O5S/c1-35(2,3)48-34(45)43-25-37(47-7,27-11-9-8-10-12-27)24-32(43)33(44)41-31-23-29(15-16-30(31)39)38(20-17-26-13-14-26,28-18-21-40-22-19-28)42-49(46)36(4,5)6/h8-12,15-16,18-19,21-23,26,32,42H,13-14,17,20,24-25H2,1-7H3,(H,41,44)/t32-,37-,38-,49+/m1/s1. The Bertz CT molecular complexity index is 1610. The van der Waals surface area contributed by atoms with Gasteiger partial charge in [-0.25, -0.2) is 9.18 Å². The van der Waals surface area contributed by atoms with Crippen molar-refractivity contribution in [3.8, 4) is 0 Å². The van der Waals surface area contributed by atoms with Crippen LogP contribution in [0.2, 0.25) is 0 Å². The zero-order chi connectivity index (χ0) is 35.6. The van der Waals surface area contributed by atoms with Crippen LogP contribution in [0.3, 0.4) is 0 Å². The minimum absolute atomic E-state index is 0.0468. The maximum atomic E-state index is 15.7. The number of methoxy groups -OCH3 is 1. The van der Waals surface area contributed by atoms with Crippen LogP contribution in [0, 0.1) is 11.7 Å². The molecule has 1 saturated carbocycles. The van der Waals surface area contributed by atoms with E-state index in [2.05, 4.69) is 15.0 Å². The fourth-order valence-electron chi connectivity index (χ4n) is 6.34. The molecule has 2 heterocycles. The zero-order valence-electron chi connectivity index (χ0n) is 29.5. The van der Waals surface area contributed by atoms with E-state index >= 15 is 4.39 Å². The second kappa shape index (κ2) is 14.4. The molecule has 0 spiro atoms. The highest BCUT2D eigenvalue weighted by atomic mass is 32.2. The van der Waals surface area contributed by atoms with Gasteiger partial charge in [0.15, 0.2) is 0 Å². The van der Waals surface area contributed by atoms with Gasteiger partial charge in [-0.2, -0.15) is 0 Å². The van der Waals surface area contributed by atoms with Gasteiger partial charge in [0.25, 0.3) is 0 Å². The Morgan fingerprint density at radius 2 is 1.69 bits per heavy atom. The summed E-state index contributed by atoms with van der Waals surface area (Å²) in [6.45, 7) is 11.1. The van der Waals surface area contributed by atoms with Crippen molar-refractivity contribution in [2.75, 3.05) is 19.0 Å². The van der Waals surface area contributed by atoms with Crippen molar-refractivity contribution < 1.29 is 28.0 Å². The molecule has 2 aliphatic rings. The van der Waals surface area contributed by atoms with Crippen LogP contribution in [-0.4, -0.2) is 56.5 Å². The number of amides is 2. The van der Waals surface area contributed by atoms with E-state index in [0.29, 0.717) is 17.9 Å². The van der Waals surface area contributed by atoms with E-state index in [0.717, 1.165) is 30.4 Å². The number of benzene rings is 2. The number of aromatic nitrogens is 1. The average molecular weight is 693 g/mol. The molecule has 2 N–H and O–H groups in total. The molecule has 4 atom stereocenters. The third-order valence-electron chi connectivity index (χ3n) is 9.28. The number of carbonyl (C=O) groups excluding carboxylic acids is 2. The highest BCUT2D eigenvalue weighted by Gasteiger charge is 2.51. The number of hydrogen-bond acceptors (Lipinski definition) is 7. The predicted molar refractivity (Wildman–Crippen MR) is 190 cm³/mol. The van der Waals surface area contributed by atoms with Crippen molar-refractivity contribution in [3.05, 3.63) is 95.6 Å². The molecule has 3 aromatic rings. The number of carbonyl (C=O) groups is 2. The van der Waals surface area contributed by atoms with Gasteiger partial charge in [-0.1, -0.05) is 49.2 Å². The Morgan fingerprint density at radius 3 is 2.29 bits per heavy atom. The van der Waals surface area contributed by atoms with Gasteiger partial charge in [0.1, 0.15) is 33.3 Å². The first-order valence-electron chi connectivity index (χ1n) is 16.9. The molecule has 0 radical (unpaired) electrons. The molecule has 2 fully saturated rings. The SMILES string of the molecule is CO[C@]1(c2ccccc2)C[C@H](C(=O)Nc2cc([C@](CCC3CC3)(N[S@@+]([O-])C(C)(C)C)c3ccncc3)ccc2F)N(C(=O)OC(C)(C)C)C1. The van der Waals surface area contributed by atoms with Crippen molar-refractivity contribution in [1.82, 2.24) is 14.6 Å². The normalized spacial score (nSPS) is 21.6. The molecule has 1 aliphatic heterocycles. The van der Waals surface area contributed by atoms with Gasteiger partial charge in [0.05, 0.1) is 12.2 Å². The summed E-state index contributed by atoms with van der Waals surface area (Å²) >= 11 is -1.50. The number of pyridine rings is 1. The van der Waals surface area contributed by atoms with Gasteiger partial charge in [-0.3, -0.25) is 14.7 Å². The number of halogens is 1. The second-order valence-corrected chi connectivity index (χ2v) is 17.1. The first-order chi connectivity index (χ1) is 23.1. The van der Waals surface area contributed by atoms with E-state index in [4.69, 9.17) is 9.47 Å². The summed E-state index contributed by atoms with van der Waals surface area (Å²) in [5, 5.41) is 2.80. The summed E-state index contributed by atoms with van der Waals surface area (Å²) in [6, 6.07) is 16.8. The number of anilines is 1. The van der Waals surface area contributed by atoms with Crippen LogP contribution in [-0.2, 0) is 36.8 Å². The predicted octanol–water partition coefficient (Wildman–Crippen LogP) is 7.20. The van der Waals surface area contributed by atoms with Crippen LogP contribution in [0.4, 0.5) is 14.9 Å². The van der Waals surface area contributed by atoms with Gasteiger partial charge in [-0.05, 0) is 101 Å². The minimum Gasteiger partial charge on any atom is -0.598 e. The summed E-state index contributed by atoms with van der Waals surface area (Å²) < 4.78 is 44.1. The van der Waals surface area contributed by atoms with Crippen LogP contribution in [0.5, 0.6) is 0 Å². The van der Waals surface area contributed by atoms with Crippen molar-refractivity contribution in [2.45, 2.75) is 101 Å². The van der Waals surface area contributed by atoms with E-state index in [1.807, 2.05) is 63.2 Å². The quantitative estimate of drug-likeness (QED) is 0.204. The molecule has 1 aromatic heterocycles. The van der Waals surface area contributed by atoms with Crippen molar-refractivity contribution in [2.24, 2.45) is 5.92 Å². The molecule has 49 heavy (non-hydrogen) atoms. The topological polar surface area (TPSA) is 116 Å². The monoisotopic (exact) mass is 692 g/mol. The van der Waals surface area contributed by atoms with Crippen molar-refractivity contribution in [1.29, 1.82) is 0 Å². The molecule has 0 unspecified atom stereocenters. The number of nitrogens with one attached hydrogen (secondary N) is 2. The number of ether oxygens (including phenoxy) is 2. The average Bonchev–Trinajstić information content (AvgIpc) is 3.80. The lowest BCUT2D eigenvalue weighted by Crippen LogP contribution is -2.52. The molecule has 1 saturated heterocycles. The maximum Gasteiger partial charge on any atom is 0.411 e. The molecule has 2 aromatic carbocycles. The van der Waals surface area contributed by atoms with Gasteiger partial charge in [0.2, 0.25) is 5.91 Å². The molecule has 9 nitrogen and oxygen atoms in total. The molecule has 11 heteroatoms. The summed E-state index contributed by atoms with van der Waals surface area (Å²) in [6.07, 6.45) is 6.61. The second-order valence-electron chi connectivity index (χ2n) is 15.2. The molecular weight excluding hydrogens is 644 g/mol. The summed E-state index contributed by atoms with van der Waals surface area (Å²) in [4.78, 5) is 33.3. The van der Waals surface area contributed by atoms with Crippen LogP contribution >= 0.6 is 0 Å². The largest absolute Gasteiger partial charge is 0.598 e. The number of likely N-dealkylation sites (tertiary alicyclic amines) is 1. The molecule has 1 aliphatic carbocycles. The molecule has 2 amide bonds. The smallest absolute Gasteiger partial charge is 0.411 e. The van der Waals surface area contributed by atoms with Gasteiger partial charge < -0.3 is 19.3 Å². The molecule has 5 rings (SSSR count). The summed E-state index contributed by atoms with van der Waals surface area (Å²) in [5.74, 6) is -0.643. The first-order valence-corrected chi connectivity index (χ1v) is 18.0. The highest BCUT2D eigenvalue weighted by molar-refractivity contribution is 7.90. The Morgan fingerprint density at radius 1 is 1.02 bits per heavy atom. The molecular formula is C38H49FN4O5S. The van der Waals surface area contributed by atoms with E-state index in [9.17, 15) is 14.1 Å². The fourth-order valence-corrected chi connectivity index (χ4v) is 7.30. The number of rotatable bonds is 11. The third kappa shape index (κ3) is 8.45. The Labute approximate surface area is 292 Å². The summed E-state index contributed by atoms with van der Waals surface area (Å²) in [7, 11) is 1.55. The van der Waals surface area contributed by atoms with Gasteiger partial charge in [-0.15, -0.1) is 4.72 Å². The lowest BCUT2D eigenvalue weighted by atomic mass is 9.79. The van der Waals surface area contributed by atoms with Gasteiger partial charge >= 0.3 is 6.09 Å². The van der Waals surface area contributed by atoms with Crippen molar-refractivity contribution >= 4 is 29.0 Å². The van der Waals surface area contributed by atoms with E-state index < -0.39 is 56.7 Å². The van der Waals surface area contributed by atoms with E-state index in [1.54, 1.807) is 52.4 Å². The van der Waals surface area contributed by atoms with Crippen LogP contribution in [0.25, 0.3) is 0 Å². The van der Waals surface area contributed by atoms with E-state index in [-0.39, 0.29) is 18.7 Å². The summed E-state index contributed by atoms with van der Waals surface area (Å²) in [5.41, 5.74) is -0.504. The molecule has 0 bridgehead atoms. The van der Waals surface area contributed by atoms with E-state index in [1.165, 1.54) is 11.0 Å². The van der Waals surface area contributed by atoms with Gasteiger partial charge in [0, 0.05) is 37.3 Å². The van der Waals surface area contributed by atoms with Crippen LogP contribution in [0.1, 0.15) is 90.3 Å². The zero-order valence-corrected chi connectivity index (χ0v) is 30.4. The maximum absolute atomic E-state index is 15.7.